The van der Waals surface area contributed by atoms with Crippen LogP contribution in [0.15, 0.2) is 73.3 Å². The zero-order valence-electron chi connectivity index (χ0n) is 18.5. The highest BCUT2D eigenvalue weighted by molar-refractivity contribution is 5.26. The number of benzene rings is 2. The lowest BCUT2D eigenvalue weighted by Crippen LogP contribution is -2.51. The SMILES string of the molecule is Cc1ccc(C(N2CCN(C(c3ccc(C)cc3)n3ccnn3)CC2)n2ccnn2)cc1. The third-order valence-electron chi connectivity index (χ3n) is 6.17. The first kappa shape index (κ1) is 20.5. The van der Waals surface area contributed by atoms with E-state index in [1.807, 2.05) is 21.8 Å². The van der Waals surface area contributed by atoms with E-state index in [1.54, 1.807) is 12.4 Å². The lowest BCUT2D eigenvalue weighted by molar-refractivity contribution is 0.0419. The second kappa shape index (κ2) is 9.02. The van der Waals surface area contributed by atoms with Gasteiger partial charge in [-0.3, -0.25) is 9.80 Å². The Morgan fingerprint density at radius 1 is 0.594 bits per heavy atom. The van der Waals surface area contributed by atoms with Crippen molar-refractivity contribution in [1.29, 1.82) is 0 Å². The van der Waals surface area contributed by atoms with Crippen LogP contribution >= 0.6 is 0 Å². The fourth-order valence-electron chi connectivity index (χ4n) is 4.46. The highest BCUT2D eigenvalue weighted by Gasteiger charge is 2.31. The molecule has 32 heavy (non-hydrogen) atoms. The molecular weight excluding hydrogens is 400 g/mol. The van der Waals surface area contributed by atoms with Gasteiger partial charge in [0.25, 0.3) is 0 Å². The van der Waals surface area contributed by atoms with Crippen LogP contribution in [0.4, 0.5) is 0 Å². The highest BCUT2D eigenvalue weighted by Crippen LogP contribution is 2.28. The van der Waals surface area contributed by atoms with Gasteiger partial charge in [0, 0.05) is 38.6 Å². The molecule has 4 aromatic rings. The molecule has 0 radical (unpaired) electrons. The van der Waals surface area contributed by atoms with Gasteiger partial charge in [-0.2, -0.15) is 0 Å². The Bertz CT molecular complexity index is 1000. The van der Waals surface area contributed by atoms with Crippen LogP contribution in [0.1, 0.15) is 34.6 Å². The van der Waals surface area contributed by atoms with Gasteiger partial charge in [0.05, 0.1) is 12.4 Å². The number of aryl methyl sites for hydroxylation is 2. The van der Waals surface area contributed by atoms with E-state index in [2.05, 4.69) is 92.8 Å². The van der Waals surface area contributed by atoms with Crippen molar-refractivity contribution in [3.8, 4) is 0 Å². The molecule has 1 saturated heterocycles. The summed E-state index contributed by atoms with van der Waals surface area (Å²) in [6.45, 7) is 7.88. The second-order valence-corrected chi connectivity index (χ2v) is 8.41. The van der Waals surface area contributed by atoms with Crippen molar-refractivity contribution in [2.45, 2.75) is 26.2 Å². The van der Waals surface area contributed by atoms with Crippen molar-refractivity contribution in [3.05, 3.63) is 95.6 Å². The number of nitrogens with zero attached hydrogens (tertiary/aromatic N) is 8. The molecule has 0 saturated carbocycles. The monoisotopic (exact) mass is 428 g/mol. The summed E-state index contributed by atoms with van der Waals surface area (Å²) in [5, 5.41) is 16.8. The summed E-state index contributed by atoms with van der Waals surface area (Å²) in [7, 11) is 0. The minimum Gasteiger partial charge on any atom is -0.276 e. The van der Waals surface area contributed by atoms with Crippen molar-refractivity contribution in [2.75, 3.05) is 26.2 Å². The molecule has 8 heteroatoms. The van der Waals surface area contributed by atoms with Gasteiger partial charge in [0.15, 0.2) is 0 Å². The molecule has 3 heterocycles. The first-order chi connectivity index (χ1) is 15.7. The maximum absolute atomic E-state index is 4.33. The summed E-state index contributed by atoms with van der Waals surface area (Å²) in [6, 6.07) is 17.4. The molecule has 1 aliphatic heterocycles. The normalized spacial score (nSPS) is 17.3. The molecule has 8 nitrogen and oxygen atoms in total. The number of hydrogen-bond donors (Lipinski definition) is 0. The summed E-state index contributed by atoms with van der Waals surface area (Å²) in [6.07, 6.45) is 7.45. The third kappa shape index (κ3) is 4.19. The Morgan fingerprint density at radius 2 is 0.969 bits per heavy atom. The van der Waals surface area contributed by atoms with Crippen molar-refractivity contribution in [1.82, 2.24) is 39.8 Å². The Labute approximate surface area is 188 Å². The van der Waals surface area contributed by atoms with Gasteiger partial charge in [0.2, 0.25) is 0 Å². The average molecular weight is 429 g/mol. The van der Waals surface area contributed by atoms with Crippen LogP contribution in [-0.2, 0) is 0 Å². The number of hydrogen-bond acceptors (Lipinski definition) is 6. The van der Waals surface area contributed by atoms with Crippen molar-refractivity contribution < 1.29 is 0 Å². The van der Waals surface area contributed by atoms with Crippen LogP contribution in [0.3, 0.4) is 0 Å². The van der Waals surface area contributed by atoms with Gasteiger partial charge in [-0.25, -0.2) is 9.36 Å². The van der Waals surface area contributed by atoms with Gasteiger partial charge in [0.1, 0.15) is 12.3 Å². The molecular formula is C24H28N8. The van der Waals surface area contributed by atoms with E-state index in [0.717, 1.165) is 26.2 Å². The van der Waals surface area contributed by atoms with Crippen LogP contribution in [-0.4, -0.2) is 66.0 Å². The first-order valence-electron chi connectivity index (χ1n) is 11.0. The molecule has 2 aromatic carbocycles. The van der Waals surface area contributed by atoms with Crippen LogP contribution in [0.2, 0.25) is 0 Å². The molecule has 2 aromatic heterocycles. The van der Waals surface area contributed by atoms with Crippen LogP contribution in [0.5, 0.6) is 0 Å². The molecule has 164 valence electrons. The Morgan fingerprint density at radius 3 is 1.28 bits per heavy atom. The lowest BCUT2D eigenvalue weighted by atomic mass is 10.1. The average Bonchev–Trinajstić information content (AvgIpc) is 3.53. The van der Waals surface area contributed by atoms with E-state index >= 15 is 0 Å². The fraction of sp³-hybridized carbons (Fsp3) is 0.333. The predicted octanol–water partition coefficient (Wildman–Crippen LogP) is 2.90. The van der Waals surface area contributed by atoms with E-state index < -0.39 is 0 Å². The number of aromatic nitrogens is 6. The highest BCUT2D eigenvalue weighted by atomic mass is 15.5. The van der Waals surface area contributed by atoms with Crippen LogP contribution in [0.25, 0.3) is 0 Å². The Balaban J connectivity index is 1.38. The maximum Gasteiger partial charge on any atom is 0.131 e. The molecule has 0 spiro atoms. The van der Waals surface area contributed by atoms with Gasteiger partial charge >= 0.3 is 0 Å². The van der Waals surface area contributed by atoms with Crippen LogP contribution in [0, 0.1) is 13.8 Å². The second-order valence-electron chi connectivity index (χ2n) is 8.41. The van der Waals surface area contributed by atoms with E-state index in [-0.39, 0.29) is 12.3 Å². The van der Waals surface area contributed by atoms with Crippen molar-refractivity contribution in [3.63, 3.8) is 0 Å². The summed E-state index contributed by atoms with van der Waals surface area (Å²) in [5.74, 6) is 0. The minimum absolute atomic E-state index is 0.0319. The maximum atomic E-state index is 4.33. The molecule has 0 bridgehead atoms. The van der Waals surface area contributed by atoms with Gasteiger partial charge in [-0.15, -0.1) is 10.2 Å². The number of piperazine rings is 1. The molecule has 0 aliphatic carbocycles. The Kier molecular flexibility index (Phi) is 5.79. The van der Waals surface area contributed by atoms with Crippen LogP contribution < -0.4 is 0 Å². The molecule has 0 amide bonds. The van der Waals surface area contributed by atoms with Gasteiger partial charge in [-0.05, 0) is 25.0 Å². The van der Waals surface area contributed by atoms with Gasteiger partial charge in [-0.1, -0.05) is 70.1 Å². The number of rotatable bonds is 6. The summed E-state index contributed by atoms with van der Waals surface area (Å²) in [4.78, 5) is 4.95. The quantitative estimate of drug-likeness (QED) is 0.470. The molecule has 2 atom stereocenters. The first-order valence-corrected chi connectivity index (χ1v) is 11.0. The zero-order valence-corrected chi connectivity index (χ0v) is 18.5. The predicted molar refractivity (Wildman–Crippen MR) is 122 cm³/mol. The minimum atomic E-state index is 0.0319. The standard InChI is InChI=1S/C24H28N8/c1-19-3-7-21(8-4-19)23(31-13-11-25-27-31)29-15-17-30(18-16-29)24(32-14-12-26-28-32)22-9-5-20(2)6-10-22/h3-14,23-24H,15-18H2,1-2H3. The molecule has 1 aliphatic rings. The molecule has 2 unspecified atom stereocenters. The van der Waals surface area contributed by atoms with E-state index in [9.17, 15) is 0 Å². The van der Waals surface area contributed by atoms with E-state index in [0.29, 0.717) is 0 Å². The molecule has 0 N–H and O–H groups in total. The largest absolute Gasteiger partial charge is 0.276 e. The topological polar surface area (TPSA) is 67.9 Å². The Hall–Kier alpha value is -3.36. The summed E-state index contributed by atoms with van der Waals surface area (Å²) < 4.78 is 3.91. The third-order valence-corrected chi connectivity index (χ3v) is 6.17. The van der Waals surface area contributed by atoms with E-state index in [4.69, 9.17) is 0 Å². The van der Waals surface area contributed by atoms with Crippen molar-refractivity contribution >= 4 is 0 Å². The fourth-order valence-corrected chi connectivity index (χ4v) is 4.46. The molecule has 1 fully saturated rings. The smallest absolute Gasteiger partial charge is 0.131 e. The zero-order chi connectivity index (χ0) is 21.9. The summed E-state index contributed by atoms with van der Waals surface area (Å²) in [5.41, 5.74) is 4.95. The van der Waals surface area contributed by atoms with Crippen molar-refractivity contribution in [2.24, 2.45) is 0 Å². The van der Waals surface area contributed by atoms with Gasteiger partial charge < -0.3 is 0 Å². The molecule has 5 rings (SSSR count). The summed E-state index contributed by atoms with van der Waals surface area (Å²) >= 11 is 0. The van der Waals surface area contributed by atoms with E-state index in [1.165, 1.54) is 22.3 Å². The lowest BCUT2D eigenvalue weighted by Gasteiger charge is -2.42.